The van der Waals surface area contributed by atoms with Gasteiger partial charge in [-0.05, 0) is 24.3 Å². The summed E-state index contributed by atoms with van der Waals surface area (Å²) in [4.78, 5) is 24.4. The Balaban J connectivity index is 1.77. The van der Waals surface area contributed by atoms with Crippen molar-refractivity contribution >= 4 is 33.6 Å². The van der Waals surface area contributed by atoms with Gasteiger partial charge in [0.05, 0.1) is 48.8 Å². The topological polar surface area (TPSA) is 69.5 Å². The van der Waals surface area contributed by atoms with Crippen molar-refractivity contribution in [2.75, 3.05) is 38.3 Å². The van der Waals surface area contributed by atoms with Crippen molar-refractivity contribution < 1.29 is 14.3 Å². The van der Waals surface area contributed by atoms with Crippen molar-refractivity contribution in [3.63, 3.8) is 0 Å². The van der Waals surface area contributed by atoms with E-state index in [1.54, 1.807) is 0 Å². The molecule has 5 rings (SSSR count). The Hall–Kier alpha value is -3.45. The average molecular weight is 416 g/mol. The first kappa shape index (κ1) is 19.5. The highest BCUT2D eigenvalue weighted by Gasteiger charge is 2.22. The highest BCUT2D eigenvalue weighted by Crippen LogP contribution is 2.31. The molecule has 2 aromatic carbocycles. The second-order valence-electron chi connectivity index (χ2n) is 7.56. The smallest absolute Gasteiger partial charge is 0.340 e. The van der Waals surface area contributed by atoms with Gasteiger partial charge in [0.15, 0.2) is 0 Å². The van der Waals surface area contributed by atoms with Crippen LogP contribution in [-0.2, 0) is 15.9 Å². The molecule has 2 aromatic heterocycles. The summed E-state index contributed by atoms with van der Waals surface area (Å²) in [5, 5.41) is 1.06. The van der Waals surface area contributed by atoms with Crippen LogP contribution in [-0.4, -0.2) is 53.9 Å². The van der Waals surface area contributed by atoms with Gasteiger partial charge in [0.25, 0.3) is 0 Å². The number of benzene rings is 2. The molecule has 0 amide bonds. The summed E-state index contributed by atoms with van der Waals surface area (Å²) in [7, 11) is 1.40. The summed E-state index contributed by atoms with van der Waals surface area (Å²) in [5.41, 5.74) is 4.83. The van der Waals surface area contributed by atoms with Gasteiger partial charge in [-0.3, -0.25) is 9.55 Å². The van der Waals surface area contributed by atoms with Crippen LogP contribution in [0.15, 0.2) is 48.7 Å². The first-order chi connectivity index (χ1) is 15.2. The van der Waals surface area contributed by atoms with Crippen molar-refractivity contribution in [3.05, 3.63) is 60.0 Å². The molecule has 1 saturated heterocycles. The van der Waals surface area contributed by atoms with Crippen molar-refractivity contribution in [1.29, 1.82) is 0 Å². The molecule has 1 fully saturated rings. The fourth-order valence-corrected chi connectivity index (χ4v) is 4.19. The molecule has 0 bridgehead atoms. The molecule has 0 saturated carbocycles. The number of aromatic nitrogens is 3. The Morgan fingerprint density at radius 2 is 1.94 bits per heavy atom. The molecule has 0 aliphatic carbocycles. The minimum atomic E-state index is -0.385. The summed E-state index contributed by atoms with van der Waals surface area (Å²) < 4.78 is 12.7. The molecule has 4 aromatic rings. The van der Waals surface area contributed by atoms with E-state index >= 15 is 0 Å². The number of hydrogen-bond donors (Lipinski definition) is 0. The third-order valence-corrected chi connectivity index (χ3v) is 5.75. The third-order valence-electron chi connectivity index (χ3n) is 5.75. The van der Waals surface area contributed by atoms with Crippen molar-refractivity contribution in [1.82, 2.24) is 14.5 Å². The maximum absolute atomic E-state index is 12.7. The highest BCUT2D eigenvalue weighted by molar-refractivity contribution is 6.04. The zero-order valence-electron chi connectivity index (χ0n) is 17.7. The molecule has 1 aliphatic heterocycles. The van der Waals surface area contributed by atoms with Gasteiger partial charge in [-0.2, -0.15) is 0 Å². The van der Waals surface area contributed by atoms with Gasteiger partial charge in [0.2, 0.25) is 0 Å². The Labute approximate surface area is 180 Å². The SMILES string of the molecule is CCc1nc2c(C(=O)OC)cc(N3CCOCC3)cc2n1-c1cnc2ccccc2c1. The molecule has 0 spiro atoms. The first-order valence-corrected chi connectivity index (χ1v) is 10.5. The molecule has 0 atom stereocenters. The molecule has 0 unspecified atom stereocenters. The maximum atomic E-state index is 12.7. The number of para-hydroxylation sites is 1. The Bertz CT molecular complexity index is 1270. The Kier molecular flexibility index (Phi) is 5.03. The summed E-state index contributed by atoms with van der Waals surface area (Å²) in [5.74, 6) is 0.486. The van der Waals surface area contributed by atoms with Crippen LogP contribution in [0.25, 0.3) is 27.6 Å². The number of rotatable bonds is 4. The molecule has 0 radical (unpaired) electrons. The van der Waals surface area contributed by atoms with Crippen LogP contribution in [0.5, 0.6) is 0 Å². The highest BCUT2D eigenvalue weighted by atomic mass is 16.5. The lowest BCUT2D eigenvalue weighted by molar-refractivity contribution is 0.0603. The second kappa shape index (κ2) is 8.00. The summed E-state index contributed by atoms with van der Waals surface area (Å²) >= 11 is 0. The number of esters is 1. The minimum Gasteiger partial charge on any atom is -0.465 e. The monoisotopic (exact) mass is 416 g/mol. The van der Waals surface area contributed by atoms with Crippen LogP contribution in [0.3, 0.4) is 0 Å². The first-order valence-electron chi connectivity index (χ1n) is 10.5. The number of fused-ring (bicyclic) bond motifs is 2. The van der Waals surface area contributed by atoms with Gasteiger partial charge in [-0.25, -0.2) is 9.78 Å². The number of ether oxygens (including phenoxy) is 2. The number of anilines is 1. The van der Waals surface area contributed by atoms with Crippen molar-refractivity contribution in [3.8, 4) is 5.69 Å². The predicted octanol–water partition coefficient (Wildman–Crippen LogP) is 3.76. The molecule has 7 nitrogen and oxygen atoms in total. The fraction of sp³-hybridized carbons (Fsp3) is 0.292. The lowest BCUT2D eigenvalue weighted by Gasteiger charge is -2.29. The van der Waals surface area contributed by atoms with Crippen LogP contribution in [0, 0.1) is 0 Å². The molecule has 0 N–H and O–H groups in total. The third kappa shape index (κ3) is 3.41. The van der Waals surface area contributed by atoms with E-state index in [1.807, 2.05) is 30.5 Å². The number of aryl methyl sites for hydroxylation is 1. The molecule has 7 heteroatoms. The summed E-state index contributed by atoms with van der Waals surface area (Å²) in [6.45, 7) is 4.95. The van der Waals surface area contributed by atoms with Gasteiger partial charge < -0.3 is 14.4 Å². The largest absolute Gasteiger partial charge is 0.465 e. The van der Waals surface area contributed by atoms with E-state index in [1.165, 1.54) is 7.11 Å². The van der Waals surface area contributed by atoms with Crippen LogP contribution in [0.4, 0.5) is 5.69 Å². The van der Waals surface area contributed by atoms with E-state index in [0.29, 0.717) is 24.3 Å². The van der Waals surface area contributed by atoms with E-state index in [4.69, 9.17) is 14.5 Å². The normalized spacial score (nSPS) is 14.3. The number of pyridine rings is 1. The van der Waals surface area contributed by atoms with Crippen LogP contribution in [0.1, 0.15) is 23.1 Å². The van der Waals surface area contributed by atoms with Crippen LogP contribution < -0.4 is 4.90 Å². The van der Waals surface area contributed by atoms with Gasteiger partial charge in [0.1, 0.15) is 11.3 Å². The van der Waals surface area contributed by atoms with E-state index in [2.05, 4.69) is 39.6 Å². The van der Waals surface area contributed by atoms with Crippen molar-refractivity contribution in [2.24, 2.45) is 0 Å². The minimum absolute atomic E-state index is 0.385. The van der Waals surface area contributed by atoms with Crippen molar-refractivity contribution in [2.45, 2.75) is 13.3 Å². The Morgan fingerprint density at radius 1 is 1.13 bits per heavy atom. The molecule has 31 heavy (non-hydrogen) atoms. The fourth-order valence-electron chi connectivity index (χ4n) is 4.19. The summed E-state index contributed by atoms with van der Waals surface area (Å²) in [6, 6.07) is 14.1. The maximum Gasteiger partial charge on any atom is 0.340 e. The van der Waals surface area contributed by atoms with Crippen LogP contribution in [0.2, 0.25) is 0 Å². The van der Waals surface area contributed by atoms with Gasteiger partial charge in [-0.1, -0.05) is 25.1 Å². The Morgan fingerprint density at radius 3 is 2.71 bits per heavy atom. The predicted molar refractivity (Wildman–Crippen MR) is 120 cm³/mol. The van der Waals surface area contributed by atoms with E-state index in [0.717, 1.165) is 53.1 Å². The zero-order chi connectivity index (χ0) is 21.4. The standard InChI is InChI=1S/C24H24N4O3/c1-3-22-26-23-19(24(29)30-2)13-17(27-8-10-31-11-9-27)14-21(23)28(22)18-12-16-6-4-5-7-20(16)25-15-18/h4-7,12-15H,3,8-11H2,1-2H3. The molecule has 1 aliphatic rings. The number of nitrogens with zero attached hydrogens (tertiary/aromatic N) is 4. The number of carbonyl (C=O) groups is 1. The van der Waals surface area contributed by atoms with Gasteiger partial charge in [0, 0.05) is 30.6 Å². The number of imidazole rings is 1. The van der Waals surface area contributed by atoms with Gasteiger partial charge >= 0.3 is 5.97 Å². The van der Waals surface area contributed by atoms with Gasteiger partial charge in [-0.15, -0.1) is 0 Å². The quantitative estimate of drug-likeness (QED) is 0.472. The number of methoxy groups -OCH3 is 1. The molecular weight excluding hydrogens is 392 g/mol. The second-order valence-corrected chi connectivity index (χ2v) is 7.56. The molecule has 3 heterocycles. The zero-order valence-corrected chi connectivity index (χ0v) is 17.7. The van der Waals surface area contributed by atoms with E-state index in [-0.39, 0.29) is 5.97 Å². The summed E-state index contributed by atoms with van der Waals surface area (Å²) in [6.07, 6.45) is 2.58. The lowest BCUT2D eigenvalue weighted by atomic mass is 10.1. The lowest BCUT2D eigenvalue weighted by Crippen LogP contribution is -2.36. The van der Waals surface area contributed by atoms with E-state index < -0.39 is 0 Å². The number of hydrogen-bond acceptors (Lipinski definition) is 6. The number of morpholine rings is 1. The average Bonchev–Trinajstić information content (AvgIpc) is 3.21. The molecule has 158 valence electrons. The van der Waals surface area contributed by atoms with Crippen LogP contribution >= 0.6 is 0 Å². The van der Waals surface area contributed by atoms with E-state index in [9.17, 15) is 4.79 Å². The molecular formula is C24H24N4O3. The number of carbonyl (C=O) groups excluding carboxylic acids is 1.